The fourth-order valence-electron chi connectivity index (χ4n) is 5.92. The van der Waals surface area contributed by atoms with Crippen LogP contribution in [-0.2, 0) is 27.1 Å². The van der Waals surface area contributed by atoms with E-state index in [1.165, 1.54) is 12.5 Å². The first kappa shape index (κ1) is 27.9. The second-order valence-electron chi connectivity index (χ2n) is 11.0. The Balaban J connectivity index is 1.27. The number of ether oxygens (including phenoxy) is 4. The molecule has 4 aliphatic rings. The molecular formula is C35H38N2O5. The first-order chi connectivity index (χ1) is 20.7. The summed E-state index contributed by atoms with van der Waals surface area (Å²) in [6.07, 6.45) is 19.8. The number of allylic oxidation sites excluding steroid dienone is 6. The molecule has 218 valence electrons. The third-order valence-electron chi connectivity index (χ3n) is 7.92. The highest BCUT2D eigenvalue weighted by Crippen LogP contribution is 2.43. The molecule has 7 heteroatoms. The number of nitrogens with one attached hydrogen (secondary N) is 1. The smallest absolute Gasteiger partial charge is 0.302 e. The van der Waals surface area contributed by atoms with Crippen LogP contribution in [0.3, 0.4) is 0 Å². The molecule has 0 aromatic heterocycles. The zero-order chi connectivity index (χ0) is 28.7. The van der Waals surface area contributed by atoms with E-state index < -0.39 is 6.29 Å². The maximum absolute atomic E-state index is 11.6. The summed E-state index contributed by atoms with van der Waals surface area (Å²) in [4.78, 5) is 16.7. The number of fused-ring (bicyclic) bond motifs is 4. The van der Waals surface area contributed by atoms with Gasteiger partial charge in [0.2, 0.25) is 6.29 Å². The van der Waals surface area contributed by atoms with Gasteiger partial charge in [-0.25, -0.2) is 4.99 Å². The van der Waals surface area contributed by atoms with Crippen LogP contribution in [0.25, 0.3) is 0 Å². The van der Waals surface area contributed by atoms with Gasteiger partial charge in [-0.05, 0) is 68.4 Å². The maximum Gasteiger partial charge on any atom is 0.302 e. The number of rotatable bonds is 1. The van der Waals surface area contributed by atoms with Crippen LogP contribution in [0, 0.1) is 0 Å². The van der Waals surface area contributed by atoms with E-state index in [2.05, 4.69) is 35.7 Å². The Hall–Kier alpha value is -4.26. The van der Waals surface area contributed by atoms with Crippen LogP contribution in [0.2, 0.25) is 0 Å². The van der Waals surface area contributed by atoms with Gasteiger partial charge in [-0.3, -0.25) is 4.79 Å². The van der Waals surface area contributed by atoms with Gasteiger partial charge >= 0.3 is 5.97 Å². The Morgan fingerprint density at radius 2 is 1.88 bits per heavy atom. The van der Waals surface area contributed by atoms with Crippen molar-refractivity contribution in [1.29, 1.82) is 0 Å². The first-order valence-corrected chi connectivity index (χ1v) is 15.1. The number of hydrogen-bond acceptors (Lipinski definition) is 7. The van der Waals surface area contributed by atoms with E-state index in [-0.39, 0.29) is 12.1 Å². The van der Waals surface area contributed by atoms with Gasteiger partial charge in [-0.15, -0.1) is 0 Å². The molecule has 0 spiro atoms. The number of para-hydroxylation sites is 2. The van der Waals surface area contributed by atoms with Crippen LogP contribution in [0.15, 0.2) is 89.5 Å². The maximum atomic E-state index is 11.6. The minimum atomic E-state index is -0.417. The number of hydrogen-bond donors (Lipinski definition) is 1. The zero-order valence-corrected chi connectivity index (χ0v) is 24.1. The Labute approximate surface area is 247 Å². The molecule has 3 aliphatic heterocycles. The number of aliphatic imine (C=N–C) groups is 1. The Bertz CT molecular complexity index is 1470. The third-order valence-corrected chi connectivity index (χ3v) is 7.92. The topological polar surface area (TPSA) is 78.4 Å². The van der Waals surface area contributed by atoms with Crippen LogP contribution in [0.1, 0.15) is 68.6 Å². The van der Waals surface area contributed by atoms with E-state index >= 15 is 0 Å². The predicted octanol–water partition coefficient (Wildman–Crippen LogP) is 7.14. The standard InChI is InChI=1S/C35H38N2O5/c1-24(38)40-26-14-8-6-4-2-3-5-7-12-20-36-29-22-25-18-19-30-27(23-32(41-30)39-21-13-11-15-26)33(25)34-35(29)42-31-17-10-9-16-28(31)37-34/h3,5,7,9-10,12-13,16-19,21,26,32,36H,2,4,6,8,11,14-15,20,22-23H2,1H3. The lowest BCUT2D eigenvalue weighted by Gasteiger charge is -2.29. The zero-order valence-electron chi connectivity index (χ0n) is 24.1. The summed E-state index contributed by atoms with van der Waals surface area (Å²) >= 11 is 0. The quantitative estimate of drug-likeness (QED) is 0.370. The van der Waals surface area contributed by atoms with Crippen molar-refractivity contribution >= 4 is 17.4 Å². The lowest BCUT2D eigenvalue weighted by molar-refractivity contribution is -0.146. The summed E-state index contributed by atoms with van der Waals surface area (Å²) in [6.45, 7) is 2.17. The molecule has 2 aromatic rings. The van der Waals surface area contributed by atoms with E-state index in [4.69, 9.17) is 23.9 Å². The molecule has 2 aromatic carbocycles. The van der Waals surface area contributed by atoms with Crippen LogP contribution in [-0.4, -0.2) is 30.6 Å². The lowest BCUT2D eigenvalue weighted by Crippen LogP contribution is -2.30. The summed E-state index contributed by atoms with van der Waals surface area (Å²) in [6, 6.07) is 12.1. The SMILES string of the molecule is CC(=O)OC1CCC=COC2Cc3c(ccc4c3C3=Nc5ccccc5OC3=C(C4)NCC=CC=CCCCCC1)O2. The van der Waals surface area contributed by atoms with Gasteiger partial charge in [0, 0.05) is 31.0 Å². The van der Waals surface area contributed by atoms with Crippen LogP contribution in [0.4, 0.5) is 5.69 Å². The normalized spacial score (nSPS) is 22.1. The highest BCUT2D eigenvalue weighted by atomic mass is 16.7. The van der Waals surface area contributed by atoms with Crippen molar-refractivity contribution in [2.75, 3.05) is 6.54 Å². The first-order valence-electron chi connectivity index (χ1n) is 15.1. The molecule has 3 heterocycles. The number of nitrogens with zero attached hydrogens (tertiary/aromatic N) is 1. The number of benzene rings is 2. The summed E-state index contributed by atoms with van der Waals surface area (Å²) in [5.41, 5.74) is 6.05. The summed E-state index contributed by atoms with van der Waals surface area (Å²) < 4.78 is 24.3. The molecule has 0 fully saturated rings. The molecule has 2 atom stereocenters. The molecule has 0 saturated carbocycles. The van der Waals surface area contributed by atoms with Crippen molar-refractivity contribution in [1.82, 2.24) is 5.32 Å². The second kappa shape index (κ2) is 13.1. The predicted molar refractivity (Wildman–Crippen MR) is 163 cm³/mol. The molecule has 0 radical (unpaired) electrons. The van der Waals surface area contributed by atoms with Gasteiger partial charge in [-0.1, -0.05) is 48.9 Å². The molecule has 1 aliphatic carbocycles. The molecule has 6 rings (SSSR count). The lowest BCUT2D eigenvalue weighted by atomic mass is 9.86. The van der Waals surface area contributed by atoms with Gasteiger partial charge in [0.15, 0.2) is 11.5 Å². The van der Waals surface area contributed by atoms with Crippen LogP contribution in [0.5, 0.6) is 11.5 Å². The van der Waals surface area contributed by atoms with E-state index in [1.54, 1.807) is 6.26 Å². The van der Waals surface area contributed by atoms with Crippen molar-refractivity contribution in [2.45, 2.75) is 77.1 Å². The average molecular weight is 567 g/mol. The molecule has 7 nitrogen and oxygen atoms in total. The van der Waals surface area contributed by atoms with Crippen molar-refractivity contribution in [2.24, 2.45) is 4.99 Å². The fourth-order valence-corrected chi connectivity index (χ4v) is 5.92. The van der Waals surface area contributed by atoms with Crippen LogP contribution < -0.4 is 14.8 Å². The molecule has 1 N–H and O–H groups in total. The summed E-state index contributed by atoms with van der Waals surface area (Å²) in [7, 11) is 0. The second-order valence-corrected chi connectivity index (χ2v) is 11.0. The molecule has 0 saturated heterocycles. The van der Waals surface area contributed by atoms with Crippen LogP contribution >= 0.6 is 0 Å². The Morgan fingerprint density at radius 1 is 0.976 bits per heavy atom. The van der Waals surface area contributed by atoms with Crippen molar-refractivity contribution in [3.63, 3.8) is 0 Å². The summed E-state index contributed by atoms with van der Waals surface area (Å²) in [5, 5.41) is 3.60. The van der Waals surface area contributed by atoms with Gasteiger partial charge in [0.05, 0.1) is 18.4 Å². The molecule has 42 heavy (non-hydrogen) atoms. The number of carbonyl (C=O) groups is 1. The highest BCUT2D eigenvalue weighted by molar-refractivity contribution is 6.17. The largest absolute Gasteiger partial charge is 0.463 e. The highest BCUT2D eigenvalue weighted by Gasteiger charge is 2.36. The van der Waals surface area contributed by atoms with Crippen molar-refractivity contribution in [3.8, 4) is 11.5 Å². The molecule has 2 unspecified atom stereocenters. The van der Waals surface area contributed by atoms with Crippen molar-refractivity contribution < 1.29 is 23.7 Å². The van der Waals surface area contributed by atoms with E-state index in [0.717, 1.165) is 96.8 Å². The van der Waals surface area contributed by atoms with Gasteiger partial charge in [0.25, 0.3) is 0 Å². The van der Waals surface area contributed by atoms with E-state index in [1.807, 2.05) is 36.4 Å². The number of carbonyl (C=O) groups excluding carboxylic acids is 1. The van der Waals surface area contributed by atoms with E-state index in [0.29, 0.717) is 13.0 Å². The number of esters is 1. The van der Waals surface area contributed by atoms with E-state index in [9.17, 15) is 4.79 Å². The monoisotopic (exact) mass is 566 g/mol. The van der Waals surface area contributed by atoms with Gasteiger partial charge < -0.3 is 24.3 Å². The Morgan fingerprint density at radius 3 is 2.81 bits per heavy atom. The van der Waals surface area contributed by atoms with Gasteiger partial charge in [-0.2, -0.15) is 0 Å². The minimum Gasteiger partial charge on any atom is -0.463 e. The summed E-state index contributed by atoms with van der Waals surface area (Å²) in [5.74, 6) is 2.13. The molecule has 5 bridgehead atoms. The Kier molecular flexibility index (Phi) is 8.73. The van der Waals surface area contributed by atoms with Gasteiger partial charge in [0.1, 0.15) is 23.3 Å². The minimum absolute atomic E-state index is 0.0714. The van der Waals surface area contributed by atoms with Crippen molar-refractivity contribution in [3.05, 3.63) is 101 Å². The molecular weight excluding hydrogens is 528 g/mol. The third kappa shape index (κ3) is 6.46. The average Bonchev–Trinajstić information content (AvgIpc) is 3.40. The molecule has 0 amide bonds. The fraction of sp³-hybridized carbons (Fsp3) is 0.371.